The molecule has 2 aromatic heterocycles. The minimum atomic E-state index is 0.263. The number of anilines is 1. The van der Waals surface area contributed by atoms with Crippen LogP contribution in [-0.4, -0.2) is 23.5 Å². The molecule has 0 amide bonds. The molecule has 1 N–H and O–H groups in total. The smallest absolute Gasteiger partial charge is 0.137 e. The third-order valence-electron chi connectivity index (χ3n) is 4.22. The SMILES string of the molecule is Cc1cccc2nc(CN[C@H](C)c3ccccc3N(C)C)cn12. The van der Waals surface area contributed by atoms with Gasteiger partial charge in [0.25, 0.3) is 0 Å². The summed E-state index contributed by atoms with van der Waals surface area (Å²) >= 11 is 0. The Kier molecular flexibility index (Phi) is 4.35. The molecule has 0 fully saturated rings. The van der Waals surface area contributed by atoms with Gasteiger partial charge in [-0.3, -0.25) is 0 Å². The molecule has 0 saturated carbocycles. The number of aromatic nitrogens is 2. The van der Waals surface area contributed by atoms with Gasteiger partial charge in [0.1, 0.15) is 5.65 Å². The average molecular weight is 308 g/mol. The predicted octanol–water partition coefficient (Wildman–Crippen LogP) is 3.56. The number of imidazole rings is 1. The number of benzene rings is 1. The molecule has 1 aromatic carbocycles. The molecule has 4 heteroatoms. The van der Waals surface area contributed by atoms with E-state index in [1.807, 2.05) is 12.1 Å². The number of hydrogen-bond donors (Lipinski definition) is 1. The van der Waals surface area contributed by atoms with Gasteiger partial charge in [-0.25, -0.2) is 4.98 Å². The van der Waals surface area contributed by atoms with Crippen LogP contribution in [0.15, 0.2) is 48.7 Å². The highest BCUT2D eigenvalue weighted by Gasteiger charge is 2.12. The van der Waals surface area contributed by atoms with Gasteiger partial charge in [0.2, 0.25) is 0 Å². The maximum atomic E-state index is 4.69. The van der Waals surface area contributed by atoms with Crippen LogP contribution in [-0.2, 0) is 6.54 Å². The van der Waals surface area contributed by atoms with E-state index < -0.39 is 0 Å². The predicted molar refractivity (Wildman–Crippen MR) is 96.0 cm³/mol. The number of hydrogen-bond acceptors (Lipinski definition) is 3. The van der Waals surface area contributed by atoms with Crippen molar-refractivity contribution in [3.63, 3.8) is 0 Å². The molecule has 2 heterocycles. The summed E-state index contributed by atoms with van der Waals surface area (Å²) in [6.45, 7) is 5.05. The molecule has 4 nitrogen and oxygen atoms in total. The van der Waals surface area contributed by atoms with Crippen LogP contribution in [0.4, 0.5) is 5.69 Å². The lowest BCUT2D eigenvalue weighted by Gasteiger charge is -2.22. The lowest BCUT2D eigenvalue weighted by molar-refractivity contribution is 0.569. The van der Waals surface area contributed by atoms with Gasteiger partial charge in [-0.05, 0) is 37.6 Å². The van der Waals surface area contributed by atoms with Gasteiger partial charge in [0.15, 0.2) is 0 Å². The standard InChI is InChI=1S/C19H24N4/c1-14-8-7-11-19-21-16(13-23(14)19)12-20-15(2)17-9-5-6-10-18(17)22(3)4/h5-11,13,15,20H,12H2,1-4H3/t15-/m1/s1. The van der Waals surface area contributed by atoms with Crippen LogP contribution in [0.25, 0.3) is 5.65 Å². The minimum absolute atomic E-state index is 0.263. The molecule has 0 radical (unpaired) electrons. The Labute approximate surface area is 137 Å². The molecule has 1 atom stereocenters. The zero-order valence-electron chi connectivity index (χ0n) is 14.2. The third kappa shape index (κ3) is 3.22. The maximum absolute atomic E-state index is 4.69. The lowest BCUT2D eigenvalue weighted by atomic mass is 10.1. The number of fused-ring (bicyclic) bond motifs is 1. The van der Waals surface area contributed by atoms with Gasteiger partial charge in [-0.1, -0.05) is 24.3 Å². The Balaban J connectivity index is 1.76. The average Bonchev–Trinajstić information content (AvgIpc) is 2.97. The van der Waals surface area contributed by atoms with Gasteiger partial charge in [-0.2, -0.15) is 0 Å². The number of rotatable bonds is 5. The highest BCUT2D eigenvalue weighted by molar-refractivity contribution is 5.53. The number of para-hydroxylation sites is 1. The van der Waals surface area contributed by atoms with Crippen molar-refractivity contribution >= 4 is 11.3 Å². The topological polar surface area (TPSA) is 32.6 Å². The first-order valence-electron chi connectivity index (χ1n) is 7.99. The maximum Gasteiger partial charge on any atom is 0.137 e. The van der Waals surface area contributed by atoms with Crippen molar-refractivity contribution < 1.29 is 0 Å². The normalized spacial score (nSPS) is 12.5. The fourth-order valence-electron chi connectivity index (χ4n) is 2.91. The van der Waals surface area contributed by atoms with Gasteiger partial charge in [-0.15, -0.1) is 0 Å². The van der Waals surface area contributed by atoms with Crippen LogP contribution >= 0.6 is 0 Å². The van der Waals surface area contributed by atoms with Crippen molar-refractivity contribution in [1.29, 1.82) is 0 Å². The van der Waals surface area contributed by atoms with Crippen molar-refractivity contribution in [1.82, 2.24) is 14.7 Å². The fourth-order valence-corrected chi connectivity index (χ4v) is 2.91. The van der Waals surface area contributed by atoms with Crippen LogP contribution in [0.2, 0.25) is 0 Å². The minimum Gasteiger partial charge on any atom is -0.377 e. The number of aryl methyl sites for hydroxylation is 1. The Hall–Kier alpha value is -2.33. The molecule has 0 aliphatic heterocycles. The Morgan fingerprint density at radius 2 is 1.91 bits per heavy atom. The molecule has 120 valence electrons. The molecular weight excluding hydrogens is 284 g/mol. The van der Waals surface area contributed by atoms with E-state index in [0.717, 1.165) is 17.9 Å². The zero-order chi connectivity index (χ0) is 16.4. The van der Waals surface area contributed by atoms with Gasteiger partial charge in [0, 0.05) is 44.3 Å². The molecule has 0 saturated heterocycles. The Bertz CT molecular complexity index is 804. The van der Waals surface area contributed by atoms with Crippen molar-refractivity contribution in [3.8, 4) is 0 Å². The van der Waals surface area contributed by atoms with Gasteiger partial charge < -0.3 is 14.6 Å². The van der Waals surface area contributed by atoms with E-state index in [1.165, 1.54) is 16.9 Å². The summed E-state index contributed by atoms with van der Waals surface area (Å²) in [7, 11) is 4.16. The molecule has 3 aromatic rings. The highest BCUT2D eigenvalue weighted by atomic mass is 15.1. The first kappa shape index (κ1) is 15.6. The molecule has 0 aliphatic rings. The summed E-state index contributed by atoms with van der Waals surface area (Å²) < 4.78 is 2.13. The van der Waals surface area contributed by atoms with Crippen LogP contribution < -0.4 is 10.2 Å². The molecule has 0 spiro atoms. The van der Waals surface area contributed by atoms with Crippen LogP contribution in [0, 0.1) is 6.92 Å². The van der Waals surface area contributed by atoms with Gasteiger partial charge >= 0.3 is 0 Å². The second-order valence-electron chi connectivity index (χ2n) is 6.18. The van der Waals surface area contributed by atoms with Crippen molar-refractivity contribution in [3.05, 3.63) is 65.6 Å². The Morgan fingerprint density at radius 1 is 1.13 bits per heavy atom. The number of nitrogens with one attached hydrogen (secondary N) is 1. The molecule has 23 heavy (non-hydrogen) atoms. The number of pyridine rings is 1. The van der Waals surface area contributed by atoms with E-state index in [9.17, 15) is 0 Å². The summed E-state index contributed by atoms with van der Waals surface area (Å²) in [6.07, 6.45) is 2.11. The number of nitrogens with zero attached hydrogens (tertiary/aromatic N) is 3. The first-order chi connectivity index (χ1) is 11.1. The molecule has 3 rings (SSSR count). The largest absolute Gasteiger partial charge is 0.377 e. The summed E-state index contributed by atoms with van der Waals surface area (Å²) in [5.41, 5.74) is 5.82. The van der Waals surface area contributed by atoms with Crippen molar-refractivity contribution in [2.45, 2.75) is 26.4 Å². The molecular formula is C19H24N4. The molecule has 0 bridgehead atoms. The monoisotopic (exact) mass is 308 g/mol. The fraction of sp³-hybridized carbons (Fsp3) is 0.316. The molecule has 0 unspecified atom stereocenters. The van der Waals surface area contributed by atoms with Crippen molar-refractivity contribution in [2.75, 3.05) is 19.0 Å². The summed E-state index contributed by atoms with van der Waals surface area (Å²) in [6, 6.07) is 15.0. The van der Waals surface area contributed by atoms with E-state index >= 15 is 0 Å². The highest BCUT2D eigenvalue weighted by Crippen LogP contribution is 2.24. The van der Waals surface area contributed by atoms with E-state index in [-0.39, 0.29) is 6.04 Å². The van der Waals surface area contributed by atoms with E-state index in [4.69, 9.17) is 0 Å². The second kappa shape index (κ2) is 6.42. The van der Waals surface area contributed by atoms with Crippen molar-refractivity contribution in [2.24, 2.45) is 0 Å². The van der Waals surface area contributed by atoms with E-state index in [0.29, 0.717) is 0 Å². The summed E-state index contributed by atoms with van der Waals surface area (Å²) in [5, 5.41) is 3.59. The first-order valence-corrected chi connectivity index (χ1v) is 7.99. The van der Waals surface area contributed by atoms with E-state index in [1.54, 1.807) is 0 Å². The lowest BCUT2D eigenvalue weighted by Crippen LogP contribution is -2.21. The quantitative estimate of drug-likeness (QED) is 0.782. The van der Waals surface area contributed by atoms with Gasteiger partial charge in [0.05, 0.1) is 5.69 Å². The van der Waals surface area contributed by atoms with Crippen LogP contribution in [0.5, 0.6) is 0 Å². The molecule has 0 aliphatic carbocycles. The van der Waals surface area contributed by atoms with Crippen LogP contribution in [0.3, 0.4) is 0 Å². The Morgan fingerprint density at radius 3 is 2.65 bits per heavy atom. The summed E-state index contributed by atoms with van der Waals surface area (Å²) in [5.74, 6) is 0. The third-order valence-corrected chi connectivity index (χ3v) is 4.22. The van der Waals surface area contributed by atoms with Crippen LogP contribution in [0.1, 0.15) is 29.9 Å². The zero-order valence-corrected chi connectivity index (χ0v) is 14.2. The van der Waals surface area contributed by atoms with E-state index in [2.05, 4.69) is 84.1 Å². The second-order valence-corrected chi connectivity index (χ2v) is 6.18. The summed E-state index contributed by atoms with van der Waals surface area (Å²) in [4.78, 5) is 6.84.